The van der Waals surface area contributed by atoms with Gasteiger partial charge in [-0.05, 0) is 195 Å². The summed E-state index contributed by atoms with van der Waals surface area (Å²) in [7, 11) is 0. The largest absolute Gasteiger partial charge is 0.310 e. The number of nitrogens with zero attached hydrogens (tertiary/aromatic N) is 2. The standard InChI is InChI=1S/C88H72N2/c1-85(2)77-25-17-15-23-69(77)73-47-41-65(53-81(73)85)89(63-19-11-9-12-20-63)67-43-49-75-71-45-35-59(51-79(71)87(5,6)83(75)55-67)29-27-57-31-37-61(38-32-57)62-39-33-58(34-40-62)28-30-60-36-46-72-76-50-44-68(56-84(76)88(7,8)80(72)52-60)90(64-21-13-10-14-22-64)66-42-48-74-70-24-16-18-26-78(70)86(3,4)82(74)54-66/h9-56H,1-8H3/b29-27+,30-28+. The smallest absolute Gasteiger partial charge is 0.0465 e. The van der Waals surface area contributed by atoms with Gasteiger partial charge in [0.1, 0.15) is 0 Å². The van der Waals surface area contributed by atoms with Crippen molar-refractivity contribution in [3.8, 4) is 55.6 Å². The monoisotopic (exact) mass is 1160 g/mol. The van der Waals surface area contributed by atoms with Gasteiger partial charge in [0.05, 0.1) is 0 Å². The predicted octanol–water partition coefficient (Wildman–Crippen LogP) is 23.9. The summed E-state index contributed by atoms with van der Waals surface area (Å²) < 4.78 is 0. The van der Waals surface area contributed by atoms with E-state index in [1.165, 1.54) is 134 Å². The van der Waals surface area contributed by atoms with E-state index in [0.29, 0.717) is 0 Å². The van der Waals surface area contributed by atoms with Crippen molar-refractivity contribution in [3.05, 3.63) is 334 Å². The minimum atomic E-state index is -0.191. The van der Waals surface area contributed by atoms with Crippen LogP contribution in [0.25, 0.3) is 79.9 Å². The number of rotatable bonds is 11. The van der Waals surface area contributed by atoms with Crippen LogP contribution in [-0.4, -0.2) is 0 Å². The summed E-state index contributed by atoms with van der Waals surface area (Å²) in [5.74, 6) is 0. The summed E-state index contributed by atoms with van der Waals surface area (Å²) in [6, 6.07) is 99.7. The first-order chi connectivity index (χ1) is 43.6. The molecule has 0 atom stereocenters. The highest BCUT2D eigenvalue weighted by molar-refractivity contribution is 5.92. The molecule has 2 heteroatoms. The zero-order valence-corrected chi connectivity index (χ0v) is 52.6. The molecule has 4 aliphatic carbocycles. The third-order valence-corrected chi connectivity index (χ3v) is 20.7. The van der Waals surface area contributed by atoms with Crippen molar-refractivity contribution in [2.24, 2.45) is 0 Å². The topological polar surface area (TPSA) is 6.48 Å². The number of para-hydroxylation sites is 2. The first-order valence-electron chi connectivity index (χ1n) is 32.0. The molecule has 0 spiro atoms. The van der Waals surface area contributed by atoms with Crippen molar-refractivity contribution < 1.29 is 0 Å². The second-order valence-electron chi connectivity index (χ2n) is 27.4. The number of hydrogen-bond acceptors (Lipinski definition) is 2. The first kappa shape index (κ1) is 55.1. The Hall–Kier alpha value is -10.3. The minimum Gasteiger partial charge on any atom is -0.310 e. The van der Waals surface area contributed by atoms with Gasteiger partial charge in [-0.2, -0.15) is 0 Å². The van der Waals surface area contributed by atoms with Crippen LogP contribution in [0.4, 0.5) is 34.1 Å². The van der Waals surface area contributed by atoms with Gasteiger partial charge >= 0.3 is 0 Å². The van der Waals surface area contributed by atoms with Gasteiger partial charge in [0.15, 0.2) is 0 Å². The van der Waals surface area contributed by atoms with E-state index in [-0.39, 0.29) is 21.7 Å². The molecule has 0 aromatic heterocycles. The molecule has 16 rings (SSSR count). The van der Waals surface area contributed by atoms with E-state index < -0.39 is 0 Å². The Morgan fingerprint density at radius 2 is 0.444 bits per heavy atom. The van der Waals surface area contributed by atoms with Gasteiger partial charge in [0.25, 0.3) is 0 Å². The van der Waals surface area contributed by atoms with E-state index in [1.807, 2.05) is 0 Å². The highest BCUT2D eigenvalue weighted by atomic mass is 15.1. The molecule has 2 nitrogen and oxygen atoms in total. The lowest BCUT2D eigenvalue weighted by Gasteiger charge is -2.29. The molecule has 0 heterocycles. The molecule has 90 heavy (non-hydrogen) atoms. The van der Waals surface area contributed by atoms with Crippen molar-refractivity contribution >= 4 is 58.4 Å². The highest BCUT2D eigenvalue weighted by Crippen LogP contribution is 2.56. The van der Waals surface area contributed by atoms with Crippen LogP contribution in [0.3, 0.4) is 0 Å². The van der Waals surface area contributed by atoms with E-state index in [0.717, 1.165) is 22.7 Å². The molecule has 12 aromatic carbocycles. The fourth-order valence-corrected chi connectivity index (χ4v) is 15.6. The molecule has 0 saturated heterocycles. The number of anilines is 6. The molecule has 0 radical (unpaired) electrons. The van der Waals surface area contributed by atoms with Gasteiger partial charge in [0.2, 0.25) is 0 Å². The van der Waals surface area contributed by atoms with E-state index in [1.54, 1.807) is 0 Å². The first-order valence-corrected chi connectivity index (χ1v) is 32.0. The van der Waals surface area contributed by atoms with Crippen LogP contribution in [-0.2, 0) is 21.7 Å². The van der Waals surface area contributed by atoms with E-state index in [2.05, 4.69) is 356 Å². The van der Waals surface area contributed by atoms with E-state index in [9.17, 15) is 0 Å². The van der Waals surface area contributed by atoms with Crippen molar-refractivity contribution in [3.63, 3.8) is 0 Å². The molecule has 0 saturated carbocycles. The van der Waals surface area contributed by atoms with Crippen LogP contribution in [0, 0.1) is 0 Å². The van der Waals surface area contributed by atoms with Crippen LogP contribution in [0.5, 0.6) is 0 Å². The van der Waals surface area contributed by atoms with Crippen molar-refractivity contribution in [2.75, 3.05) is 9.80 Å². The fourth-order valence-electron chi connectivity index (χ4n) is 15.6. The number of fused-ring (bicyclic) bond motifs is 12. The fraction of sp³-hybridized carbons (Fsp3) is 0.136. The normalized spacial score (nSPS) is 15.2. The van der Waals surface area contributed by atoms with Crippen LogP contribution < -0.4 is 9.80 Å². The molecule has 0 aliphatic heterocycles. The number of benzene rings is 12. The summed E-state index contributed by atoms with van der Waals surface area (Å²) >= 11 is 0. The average Bonchev–Trinajstić information content (AvgIpc) is 1.84. The van der Waals surface area contributed by atoms with Gasteiger partial charge in [0, 0.05) is 55.8 Å². The molecule has 0 unspecified atom stereocenters. The maximum atomic E-state index is 2.44. The molecule has 0 amide bonds. The molecule has 0 bridgehead atoms. The Morgan fingerprint density at radius 1 is 0.200 bits per heavy atom. The van der Waals surface area contributed by atoms with Crippen LogP contribution in [0.1, 0.15) is 122 Å². The lowest BCUT2D eigenvalue weighted by atomic mass is 9.81. The van der Waals surface area contributed by atoms with Gasteiger partial charge in [-0.15, -0.1) is 0 Å². The Morgan fingerprint density at radius 3 is 0.778 bits per heavy atom. The third-order valence-electron chi connectivity index (χ3n) is 20.7. The lowest BCUT2D eigenvalue weighted by molar-refractivity contribution is 0.659. The SMILES string of the molecule is CC1(C)c2ccccc2-c2ccc(N(c3ccccc3)c3ccc4c(c3)C(C)(C)c3cc(/C=C/c5ccc(-c6ccc(/C=C/c7ccc8c(c7)C(C)(C)c7cc(N(c9ccccc9)c9ccc%10c(c9)C(C)(C)c9ccccc9-%10)ccc7-8)cc6)cc5)ccc3-4)cc21. The molecule has 4 aliphatic rings. The van der Waals surface area contributed by atoms with Gasteiger partial charge in [-0.25, -0.2) is 0 Å². The summed E-state index contributed by atoms with van der Waals surface area (Å²) in [4.78, 5) is 4.87. The van der Waals surface area contributed by atoms with Crippen LogP contribution in [0.15, 0.2) is 267 Å². The number of hydrogen-bond donors (Lipinski definition) is 0. The zero-order valence-electron chi connectivity index (χ0n) is 52.6. The predicted molar refractivity (Wildman–Crippen MR) is 382 cm³/mol. The Balaban J connectivity index is 0.600. The second-order valence-corrected chi connectivity index (χ2v) is 27.4. The van der Waals surface area contributed by atoms with Crippen LogP contribution in [0.2, 0.25) is 0 Å². The molecular weight excluding hydrogens is 1080 g/mol. The van der Waals surface area contributed by atoms with Crippen molar-refractivity contribution in [1.82, 2.24) is 0 Å². The van der Waals surface area contributed by atoms with E-state index >= 15 is 0 Å². The summed E-state index contributed by atoms with van der Waals surface area (Å²) in [5, 5.41) is 0. The maximum absolute atomic E-state index is 2.44. The summed E-state index contributed by atoms with van der Waals surface area (Å²) in [6.45, 7) is 19.0. The summed E-state index contributed by atoms with van der Waals surface area (Å²) in [6.07, 6.45) is 9.01. The molecule has 434 valence electrons. The average molecular weight is 1160 g/mol. The summed E-state index contributed by atoms with van der Waals surface area (Å²) in [5.41, 5.74) is 35.1. The third kappa shape index (κ3) is 8.82. The second kappa shape index (κ2) is 20.7. The van der Waals surface area contributed by atoms with Crippen LogP contribution >= 0.6 is 0 Å². The molecule has 0 fully saturated rings. The van der Waals surface area contributed by atoms with Gasteiger partial charge in [-0.1, -0.05) is 274 Å². The minimum absolute atomic E-state index is 0.0894. The zero-order chi connectivity index (χ0) is 61.3. The van der Waals surface area contributed by atoms with E-state index in [4.69, 9.17) is 0 Å². The quantitative estimate of drug-likeness (QED) is 0.119. The van der Waals surface area contributed by atoms with Crippen molar-refractivity contribution in [2.45, 2.75) is 77.0 Å². The lowest BCUT2D eigenvalue weighted by Crippen LogP contribution is -2.18. The van der Waals surface area contributed by atoms with Gasteiger partial charge < -0.3 is 9.80 Å². The molecule has 12 aromatic rings. The molecular formula is C88H72N2. The highest BCUT2D eigenvalue weighted by Gasteiger charge is 2.40. The Bertz CT molecular complexity index is 4600. The Kier molecular flexibility index (Phi) is 12.6. The maximum Gasteiger partial charge on any atom is 0.0465 e. The molecule has 0 N–H and O–H groups in total. The van der Waals surface area contributed by atoms with Gasteiger partial charge in [-0.3, -0.25) is 0 Å². The van der Waals surface area contributed by atoms with Crippen molar-refractivity contribution in [1.29, 1.82) is 0 Å². The Labute approximate surface area is 531 Å².